The lowest BCUT2D eigenvalue weighted by atomic mass is 9.36. The highest BCUT2D eigenvalue weighted by Crippen LogP contribution is 2.70. The Bertz CT molecular complexity index is 1310. The van der Waals surface area contributed by atoms with Crippen LogP contribution in [0, 0.1) is 39.9 Å². The van der Waals surface area contributed by atoms with Crippen LogP contribution in [0.5, 0.6) is 0 Å². The Kier molecular flexibility index (Phi) is 7.29. The number of aliphatic hydroxyl groups excluding tert-OH is 1. The van der Waals surface area contributed by atoms with E-state index in [4.69, 9.17) is 18.6 Å². The lowest BCUT2D eigenvalue weighted by molar-refractivity contribution is -0.274. The smallest absolute Gasteiger partial charge is 0.335 e. The Labute approximate surface area is 245 Å². The van der Waals surface area contributed by atoms with Gasteiger partial charge in [-0.3, -0.25) is 9.59 Å². The first-order valence-corrected chi connectivity index (χ1v) is 14.7. The summed E-state index contributed by atoms with van der Waals surface area (Å²) in [7, 11) is 1.16. The number of ether oxygens (including phenoxy) is 3. The Morgan fingerprint density at radius 3 is 2.45 bits per heavy atom. The summed E-state index contributed by atoms with van der Waals surface area (Å²) < 4.78 is 22.1. The quantitative estimate of drug-likeness (QED) is 0.297. The van der Waals surface area contributed by atoms with Gasteiger partial charge in [-0.2, -0.15) is 0 Å². The number of esters is 3. The van der Waals surface area contributed by atoms with Crippen LogP contribution in [-0.4, -0.2) is 58.8 Å². The lowest BCUT2D eigenvalue weighted by Crippen LogP contribution is -2.78. The molecule has 42 heavy (non-hydrogen) atoms. The van der Waals surface area contributed by atoms with Crippen molar-refractivity contribution >= 4 is 23.7 Å². The van der Waals surface area contributed by atoms with Crippen LogP contribution in [0.4, 0.5) is 0 Å². The molecule has 3 saturated carbocycles. The molecule has 10 unspecified atom stereocenters. The summed E-state index contributed by atoms with van der Waals surface area (Å²) in [6, 6.07) is 1.77. The molecule has 5 rings (SSSR count). The van der Waals surface area contributed by atoms with Crippen molar-refractivity contribution < 1.29 is 48.0 Å². The van der Waals surface area contributed by atoms with Gasteiger partial charge < -0.3 is 28.8 Å². The molecule has 1 aliphatic heterocycles. The summed E-state index contributed by atoms with van der Waals surface area (Å²) in [4.78, 5) is 53.7. The highest BCUT2D eigenvalue weighted by molar-refractivity contribution is 5.97. The Morgan fingerprint density at radius 2 is 1.86 bits per heavy atom. The number of rotatable bonds is 5. The number of carbonyl (C=O) groups excluding carboxylic acids is 4. The van der Waals surface area contributed by atoms with Gasteiger partial charge in [-0.05, 0) is 56.9 Å². The number of cyclic esters (lactones) is 1. The van der Waals surface area contributed by atoms with Gasteiger partial charge in [-0.1, -0.05) is 33.8 Å². The highest BCUT2D eigenvalue weighted by Gasteiger charge is 2.77. The van der Waals surface area contributed by atoms with Crippen LogP contribution < -0.4 is 0 Å². The fourth-order valence-corrected chi connectivity index (χ4v) is 9.54. The van der Waals surface area contributed by atoms with Crippen LogP contribution >= 0.6 is 0 Å². The molecule has 0 radical (unpaired) electrons. The third-order valence-corrected chi connectivity index (χ3v) is 11.5. The second kappa shape index (κ2) is 10.0. The summed E-state index contributed by atoms with van der Waals surface area (Å²) in [5.41, 5.74) is -4.27. The molecule has 2 N–H and O–H groups in total. The average Bonchev–Trinajstić information content (AvgIpc) is 3.47. The monoisotopic (exact) mass is 586 g/mol. The zero-order valence-electron chi connectivity index (χ0n) is 25.3. The SMILES string of the molecule is CC=C(C)C(=O)OC1C2(O)CC3C4CC(=O)OC(c5ccoc5)C4(C)CCC3C(C)(C2=O)C(C(O)C(=O)OC)C1(C)C. The number of ketones is 1. The number of allylic oxidation sites excluding steroid dienone is 1. The van der Waals surface area contributed by atoms with Crippen LogP contribution in [0.25, 0.3) is 0 Å². The Balaban J connectivity index is 1.68. The highest BCUT2D eigenvalue weighted by atomic mass is 16.6. The van der Waals surface area contributed by atoms with Gasteiger partial charge in [0.25, 0.3) is 0 Å². The summed E-state index contributed by atoms with van der Waals surface area (Å²) in [6.07, 6.45) is 2.16. The minimum absolute atomic E-state index is 0.0327. The van der Waals surface area contributed by atoms with Gasteiger partial charge in [-0.15, -0.1) is 0 Å². The molecule has 10 atom stereocenters. The van der Waals surface area contributed by atoms with Gasteiger partial charge >= 0.3 is 17.9 Å². The molecular weight excluding hydrogens is 544 g/mol. The number of furan rings is 1. The van der Waals surface area contributed by atoms with Crippen molar-refractivity contribution in [2.75, 3.05) is 7.11 Å². The summed E-state index contributed by atoms with van der Waals surface area (Å²) >= 11 is 0. The molecule has 10 heteroatoms. The molecule has 0 amide bonds. The van der Waals surface area contributed by atoms with Crippen molar-refractivity contribution in [3.63, 3.8) is 0 Å². The van der Waals surface area contributed by atoms with Crippen molar-refractivity contribution in [3.8, 4) is 0 Å². The van der Waals surface area contributed by atoms with E-state index in [-0.39, 0.29) is 42.1 Å². The van der Waals surface area contributed by atoms with Gasteiger partial charge in [0.1, 0.15) is 12.2 Å². The number of hydrogen-bond acceptors (Lipinski definition) is 10. The van der Waals surface area contributed by atoms with Crippen LogP contribution in [0.3, 0.4) is 0 Å². The molecule has 1 saturated heterocycles. The molecule has 4 aliphatic rings. The van der Waals surface area contributed by atoms with Crippen molar-refractivity contribution in [2.45, 2.75) is 91.1 Å². The van der Waals surface area contributed by atoms with Crippen LogP contribution in [-0.2, 0) is 33.4 Å². The minimum atomic E-state index is -2.12. The number of aliphatic hydroxyl groups is 2. The van der Waals surface area contributed by atoms with E-state index in [1.807, 2.05) is 0 Å². The van der Waals surface area contributed by atoms with E-state index in [2.05, 4.69) is 6.92 Å². The van der Waals surface area contributed by atoms with Gasteiger partial charge in [-0.25, -0.2) is 9.59 Å². The molecule has 230 valence electrons. The zero-order valence-corrected chi connectivity index (χ0v) is 25.3. The topological polar surface area (TPSA) is 150 Å². The third kappa shape index (κ3) is 4.04. The molecule has 3 aliphatic carbocycles. The maximum atomic E-state index is 14.6. The van der Waals surface area contributed by atoms with E-state index < -0.39 is 63.8 Å². The molecular formula is C32H42O10. The van der Waals surface area contributed by atoms with Crippen LogP contribution in [0.2, 0.25) is 0 Å². The van der Waals surface area contributed by atoms with Gasteiger partial charge in [0.2, 0.25) is 0 Å². The number of fused-ring (bicyclic) bond motifs is 6. The number of methoxy groups -OCH3 is 1. The first kappa shape index (κ1) is 30.5. The molecule has 0 spiro atoms. The fourth-order valence-electron chi connectivity index (χ4n) is 9.54. The average molecular weight is 587 g/mol. The second-order valence-corrected chi connectivity index (χ2v) is 13.8. The van der Waals surface area contributed by atoms with E-state index >= 15 is 0 Å². The lowest BCUT2D eigenvalue weighted by Gasteiger charge is -2.69. The fraction of sp³-hybridized carbons (Fsp3) is 0.688. The number of carbonyl (C=O) groups is 4. The van der Waals surface area contributed by atoms with E-state index in [9.17, 15) is 29.4 Å². The standard InChI is InChI=1S/C32H42O10/c1-8-16(2)25(35)42-28-29(3,4)23(22(34)26(36)39-7)31(6)19-9-11-30(5)20(18(19)14-32(28,38)27(31)37)13-21(33)41-24(30)17-10-12-40-15-17/h8,10,12,15,18-20,22-24,28,34,38H,9,11,13-14H2,1-7H3. The van der Waals surface area contributed by atoms with Gasteiger partial charge in [0, 0.05) is 39.7 Å². The molecule has 4 fully saturated rings. The van der Waals surface area contributed by atoms with E-state index in [1.54, 1.807) is 53.0 Å². The molecule has 2 bridgehead atoms. The first-order chi connectivity index (χ1) is 19.6. The summed E-state index contributed by atoms with van der Waals surface area (Å²) in [5, 5.41) is 24.0. The first-order valence-electron chi connectivity index (χ1n) is 14.7. The van der Waals surface area contributed by atoms with Crippen LogP contribution in [0.15, 0.2) is 34.7 Å². The predicted molar refractivity (Wildman–Crippen MR) is 147 cm³/mol. The zero-order chi connectivity index (χ0) is 31.0. The molecule has 2 heterocycles. The predicted octanol–water partition coefficient (Wildman–Crippen LogP) is 3.69. The summed E-state index contributed by atoms with van der Waals surface area (Å²) in [5.74, 6) is -4.69. The largest absolute Gasteiger partial charge is 0.472 e. The normalized spacial score (nSPS) is 41.6. The number of hydrogen-bond donors (Lipinski definition) is 2. The van der Waals surface area contributed by atoms with E-state index in [1.165, 1.54) is 6.26 Å². The Morgan fingerprint density at radius 1 is 1.17 bits per heavy atom. The summed E-state index contributed by atoms with van der Waals surface area (Å²) in [6.45, 7) is 10.4. The molecule has 1 aromatic rings. The molecule has 1 aromatic heterocycles. The maximum Gasteiger partial charge on any atom is 0.335 e. The minimum Gasteiger partial charge on any atom is -0.472 e. The van der Waals surface area contributed by atoms with Crippen molar-refractivity contribution in [2.24, 2.45) is 39.9 Å². The van der Waals surface area contributed by atoms with Gasteiger partial charge in [0.15, 0.2) is 17.5 Å². The van der Waals surface area contributed by atoms with Crippen LogP contribution in [0.1, 0.15) is 78.9 Å². The maximum absolute atomic E-state index is 14.6. The van der Waals surface area contributed by atoms with Crippen molar-refractivity contribution in [1.82, 2.24) is 0 Å². The number of Topliss-reactive ketones (excluding diaryl/α,β-unsaturated/α-hetero) is 1. The van der Waals surface area contributed by atoms with Gasteiger partial charge in [0.05, 0.1) is 19.6 Å². The third-order valence-electron chi connectivity index (χ3n) is 11.5. The Hall–Kier alpha value is -2.98. The molecule has 10 nitrogen and oxygen atoms in total. The van der Waals surface area contributed by atoms with Crippen molar-refractivity contribution in [1.29, 1.82) is 0 Å². The van der Waals surface area contributed by atoms with Crippen molar-refractivity contribution in [3.05, 3.63) is 35.8 Å². The molecule has 0 aromatic carbocycles. The van der Waals surface area contributed by atoms with E-state index in [0.717, 1.165) is 12.7 Å². The second-order valence-electron chi connectivity index (χ2n) is 13.8. The van der Waals surface area contributed by atoms with E-state index in [0.29, 0.717) is 12.8 Å².